The van der Waals surface area contributed by atoms with E-state index in [0.717, 1.165) is 47.7 Å². The van der Waals surface area contributed by atoms with Crippen LogP contribution in [0, 0.1) is 6.92 Å². The number of hydrogen-bond donors (Lipinski definition) is 0. The third-order valence-corrected chi connectivity index (χ3v) is 5.86. The van der Waals surface area contributed by atoms with Crippen molar-refractivity contribution in [1.29, 1.82) is 0 Å². The highest BCUT2D eigenvalue weighted by molar-refractivity contribution is 5.97. The Kier molecular flexibility index (Phi) is 6.21. The van der Waals surface area contributed by atoms with Gasteiger partial charge in [0.05, 0.1) is 19.8 Å². The van der Waals surface area contributed by atoms with E-state index < -0.39 is 0 Å². The zero-order valence-electron chi connectivity index (χ0n) is 18.3. The Morgan fingerprint density at radius 1 is 1.00 bits per heavy atom. The Labute approximate surface area is 183 Å². The lowest BCUT2D eigenvalue weighted by atomic mass is 9.91. The van der Waals surface area contributed by atoms with Crippen LogP contribution in [0.25, 0.3) is 11.1 Å². The van der Waals surface area contributed by atoms with E-state index in [1.807, 2.05) is 48.2 Å². The summed E-state index contributed by atoms with van der Waals surface area (Å²) in [5.41, 5.74) is 4.91. The second-order valence-corrected chi connectivity index (χ2v) is 7.94. The molecule has 1 amide bonds. The molecule has 0 spiro atoms. The van der Waals surface area contributed by atoms with Crippen molar-refractivity contribution in [2.75, 3.05) is 27.3 Å². The number of aryl methyl sites for hydroxylation is 1. The van der Waals surface area contributed by atoms with Gasteiger partial charge in [0.2, 0.25) is 0 Å². The fourth-order valence-electron chi connectivity index (χ4n) is 4.25. The molecule has 2 heterocycles. The van der Waals surface area contributed by atoms with Gasteiger partial charge >= 0.3 is 0 Å². The number of benzene rings is 2. The Morgan fingerprint density at radius 3 is 2.52 bits per heavy atom. The first-order chi connectivity index (χ1) is 15.1. The number of likely N-dealkylation sites (tertiary alicyclic amines) is 1. The van der Waals surface area contributed by atoms with Gasteiger partial charge in [0.1, 0.15) is 11.5 Å². The van der Waals surface area contributed by atoms with Gasteiger partial charge in [-0.1, -0.05) is 24.3 Å². The van der Waals surface area contributed by atoms with E-state index in [9.17, 15) is 4.79 Å². The van der Waals surface area contributed by atoms with Crippen LogP contribution in [0.15, 0.2) is 60.7 Å². The van der Waals surface area contributed by atoms with Crippen LogP contribution in [0.4, 0.5) is 0 Å². The number of amides is 1. The van der Waals surface area contributed by atoms with Crippen molar-refractivity contribution in [2.45, 2.75) is 25.7 Å². The minimum absolute atomic E-state index is 0.0187. The number of methoxy groups -OCH3 is 2. The summed E-state index contributed by atoms with van der Waals surface area (Å²) in [6.45, 7) is 3.44. The molecule has 0 unspecified atom stereocenters. The Hall–Kier alpha value is -3.34. The molecule has 1 fully saturated rings. The van der Waals surface area contributed by atoms with Gasteiger partial charge in [-0.25, -0.2) is 0 Å². The highest BCUT2D eigenvalue weighted by Crippen LogP contribution is 2.31. The predicted octanol–water partition coefficient (Wildman–Crippen LogP) is 5.09. The lowest BCUT2D eigenvalue weighted by Gasteiger charge is -2.33. The Bertz CT molecular complexity index is 1060. The van der Waals surface area contributed by atoms with Crippen LogP contribution in [0.5, 0.6) is 11.5 Å². The molecular weight excluding hydrogens is 388 g/mol. The number of nitrogens with zero attached hydrogens (tertiary/aromatic N) is 2. The molecule has 0 N–H and O–H groups in total. The zero-order chi connectivity index (χ0) is 21.8. The molecule has 0 aliphatic carbocycles. The van der Waals surface area contributed by atoms with Crippen molar-refractivity contribution < 1.29 is 14.3 Å². The molecule has 3 aromatic rings. The molecular formula is C26H28N2O3. The smallest absolute Gasteiger partial charge is 0.257 e. The molecule has 5 heteroatoms. The van der Waals surface area contributed by atoms with Crippen molar-refractivity contribution in [1.82, 2.24) is 9.88 Å². The third kappa shape index (κ3) is 4.55. The van der Waals surface area contributed by atoms with Gasteiger partial charge in [0.25, 0.3) is 5.91 Å². The maximum absolute atomic E-state index is 13.2. The lowest BCUT2D eigenvalue weighted by molar-refractivity contribution is 0.0702. The summed E-state index contributed by atoms with van der Waals surface area (Å²) in [6.07, 6.45) is 1.98. The number of para-hydroxylation sites is 1. The summed E-state index contributed by atoms with van der Waals surface area (Å²) in [4.78, 5) is 19.9. The van der Waals surface area contributed by atoms with E-state index in [0.29, 0.717) is 17.9 Å². The minimum Gasteiger partial charge on any atom is -0.497 e. The molecule has 31 heavy (non-hydrogen) atoms. The number of pyridine rings is 1. The molecule has 2 aromatic carbocycles. The predicted molar refractivity (Wildman–Crippen MR) is 122 cm³/mol. The van der Waals surface area contributed by atoms with Gasteiger partial charge in [-0.05, 0) is 67.3 Å². The molecule has 0 radical (unpaired) electrons. The van der Waals surface area contributed by atoms with Gasteiger partial charge in [-0.3, -0.25) is 9.78 Å². The second-order valence-electron chi connectivity index (χ2n) is 7.94. The van der Waals surface area contributed by atoms with Crippen LogP contribution in [0.1, 0.15) is 40.5 Å². The summed E-state index contributed by atoms with van der Waals surface area (Å²) in [5, 5.41) is 0. The molecule has 0 bridgehead atoms. The second kappa shape index (κ2) is 9.21. The van der Waals surface area contributed by atoms with Gasteiger partial charge in [-0.15, -0.1) is 0 Å². The van der Waals surface area contributed by atoms with Crippen LogP contribution in [-0.2, 0) is 0 Å². The number of hydrogen-bond acceptors (Lipinski definition) is 4. The first-order valence-electron chi connectivity index (χ1n) is 10.6. The van der Waals surface area contributed by atoms with Crippen LogP contribution in [0.3, 0.4) is 0 Å². The SMILES string of the molecule is COc1ccc(-c2cc(C)nc([C@H]3CCCN(C(=O)c4ccccc4OC)C3)c2)cc1. The molecule has 4 rings (SSSR count). The van der Waals surface area contributed by atoms with E-state index in [1.54, 1.807) is 14.2 Å². The summed E-state index contributed by atoms with van der Waals surface area (Å²) in [6, 6.07) is 19.8. The van der Waals surface area contributed by atoms with Gasteiger partial charge in [0.15, 0.2) is 0 Å². The van der Waals surface area contributed by atoms with E-state index >= 15 is 0 Å². The van der Waals surface area contributed by atoms with E-state index in [2.05, 4.69) is 24.3 Å². The average Bonchev–Trinajstić information content (AvgIpc) is 2.83. The monoisotopic (exact) mass is 416 g/mol. The van der Waals surface area contributed by atoms with Crippen molar-refractivity contribution >= 4 is 5.91 Å². The molecule has 1 aliphatic heterocycles. The molecule has 1 aromatic heterocycles. The molecule has 1 atom stereocenters. The van der Waals surface area contributed by atoms with Gasteiger partial charge < -0.3 is 14.4 Å². The minimum atomic E-state index is 0.0187. The maximum atomic E-state index is 13.2. The van der Waals surface area contributed by atoms with Crippen molar-refractivity contribution in [2.24, 2.45) is 0 Å². The summed E-state index contributed by atoms with van der Waals surface area (Å²) < 4.78 is 10.7. The molecule has 0 saturated carbocycles. The largest absolute Gasteiger partial charge is 0.497 e. The first-order valence-corrected chi connectivity index (χ1v) is 10.6. The quantitative estimate of drug-likeness (QED) is 0.581. The average molecular weight is 417 g/mol. The fourth-order valence-corrected chi connectivity index (χ4v) is 4.25. The highest BCUT2D eigenvalue weighted by atomic mass is 16.5. The number of carbonyl (C=O) groups is 1. The van der Waals surface area contributed by atoms with E-state index in [1.165, 1.54) is 0 Å². The summed E-state index contributed by atoms with van der Waals surface area (Å²) >= 11 is 0. The normalized spacial score (nSPS) is 16.1. The van der Waals surface area contributed by atoms with Gasteiger partial charge in [0, 0.05) is 30.4 Å². The number of aromatic nitrogens is 1. The molecule has 5 nitrogen and oxygen atoms in total. The molecule has 160 valence electrons. The van der Waals surface area contributed by atoms with E-state index in [-0.39, 0.29) is 11.8 Å². The van der Waals surface area contributed by atoms with Crippen molar-refractivity contribution in [3.63, 3.8) is 0 Å². The van der Waals surface area contributed by atoms with Crippen LogP contribution in [0.2, 0.25) is 0 Å². The third-order valence-electron chi connectivity index (χ3n) is 5.86. The summed E-state index contributed by atoms with van der Waals surface area (Å²) in [5.74, 6) is 1.69. The fraction of sp³-hybridized carbons (Fsp3) is 0.308. The Morgan fingerprint density at radius 2 is 1.77 bits per heavy atom. The number of piperidine rings is 1. The van der Waals surface area contributed by atoms with Gasteiger partial charge in [-0.2, -0.15) is 0 Å². The van der Waals surface area contributed by atoms with Crippen molar-refractivity contribution in [3.8, 4) is 22.6 Å². The number of ether oxygens (including phenoxy) is 2. The topological polar surface area (TPSA) is 51.7 Å². The number of rotatable bonds is 5. The van der Waals surface area contributed by atoms with E-state index in [4.69, 9.17) is 14.5 Å². The first kappa shape index (κ1) is 20.9. The van der Waals surface area contributed by atoms with Crippen LogP contribution >= 0.6 is 0 Å². The maximum Gasteiger partial charge on any atom is 0.257 e. The van der Waals surface area contributed by atoms with Crippen molar-refractivity contribution in [3.05, 3.63) is 77.6 Å². The Balaban J connectivity index is 1.58. The molecule has 1 aliphatic rings. The van der Waals surface area contributed by atoms with Crippen LogP contribution in [-0.4, -0.2) is 43.1 Å². The number of carbonyl (C=O) groups excluding carboxylic acids is 1. The highest BCUT2D eigenvalue weighted by Gasteiger charge is 2.28. The summed E-state index contributed by atoms with van der Waals surface area (Å²) in [7, 11) is 3.27. The standard InChI is InChI=1S/C26H28N2O3/c1-18-15-21(19-10-12-22(30-2)13-11-19)16-24(27-18)20-7-6-14-28(17-20)26(29)23-8-4-5-9-25(23)31-3/h4-5,8-13,15-16,20H,6-7,14,17H2,1-3H3/t20-/m0/s1. The molecule has 1 saturated heterocycles. The van der Waals surface area contributed by atoms with Crippen LogP contribution < -0.4 is 9.47 Å². The lowest BCUT2D eigenvalue weighted by Crippen LogP contribution is -2.39. The zero-order valence-corrected chi connectivity index (χ0v) is 18.3.